The van der Waals surface area contributed by atoms with Crippen LogP contribution in [0.4, 0.5) is 0 Å². The van der Waals surface area contributed by atoms with Crippen molar-refractivity contribution in [1.29, 1.82) is 0 Å². The summed E-state index contributed by atoms with van der Waals surface area (Å²) in [5, 5.41) is 0. The molecule has 3 aliphatic rings. The maximum Gasteiger partial charge on any atom is 0.352 e. The molecule has 1 N–H and O–H groups in total. The molecule has 5 heteroatoms. The van der Waals surface area contributed by atoms with Gasteiger partial charge >= 0.3 is 5.69 Å². The smallest absolute Gasteiger partial charge is 0.346 e. The SMILES string of the molecule is O=c1nc2[nH]cccc-2c(=O)n1C1CCCC1. The second kappa shape index (κ2) is 3.84. The fraction of sp³-hybridized carbons (Fsp3) is 0.417. The molecular weight excluding hydrogens is 218 g/mol. The van der Waals surface area contributed by atoms with E-state index in [1.165, 1.54) is 4.57 Å². The van der Waals surface area contributed by atoms with Crippen molar-refractivity contribution in [3.63, 3.8) is 0 Å². The summed E-state index contributed by atoms with van der Waals surface area (Å²) in [6.07, 6.45) is 5.62. The third-order valence-corrected chi connectivity index (χ3v) is 3.39. The van der Waals surface area contributed by atoms with Gasteiger partial charge in [-0.1, -0.05) is 12.8 Å². The Balaban J connectivity index is 2.28. The lowest BCUT2D eigenvalue weighted by Crippen LogP contribution is -2.39. The molecule has 0 spiro atoms. The van der Waals surface area contributed by atoms with Gasteiger partial charge in [0.1, 0.15) is 5.82 Å². The van der Waals surface area contributed by atoms with E-state index in [9.17, 15) is 9.59 Å². The molecule has 17 heavy (non-hydrogen) atoms. The Morgan fingerprint density at radius 2 is 2.06 bits per heavy atom. The first kappa shape index (κ1) is 10.3. The van der Waals surface area contributed by atoms with Crippen molar-refractivity contribution in [2.75, 3.05) is 0 Å². The number of fused-ring (bicyclic) bond motifs is 1. The van der Waals surface area contributed by atoms with Crippen LogP contribution in [0.3, 0.4) is 0 Å². The molecule has 1 fully saturated rings. The molecule has 0 unspecified atom stereocenters. The largest absolute Gasteiger partial charge is 0.352 e. The van der Waals surface area contributed by atoms with Crippen LogP contribution in [-0.2, 0) is 0 Å². The number of rotatable bonds is 1. The molecule has 0 atom stereocenters. The van der Waals surface area contributed by atoms with E-state index >= 15 is 0 Å². The summed E-state index contributed by atoms with van der Waals surface area (Å²) in [6, 6.07) is 3.48. The third kappa shape index (κ3) is 1.58. The molecule has 0 amide bonds. The van der Waals surface area contributed by atoms with E-state index in [4.69, 9.17) is 0 Å². The van der Waals surface area contributed by atoms with E-state index in [0.717, 1.165) is 25.7 Å². The molecule has 2 heterocycles. The average Bonchev–Trinajstić information content (AvgIpc) is 2.83. The number of pyridine rings is 1. The summed E-state index contributed by atoms with van der Waals surface area (Å²) in [6.45, 7) is 0. The Bertz CT molecular complexity index is 622. The highest BCUT2D eigenvalue weighted by molar-refractivity contribution is 5.53. The van der Waals surface area contributed by atoms with Crippen molar-refractivity contribution in [3.05, 3.63) is 39.2 Å². The number of H-pyrrole nitrogens is 1. The van der Waals surface area contributed by atoms with Gasteiger partial charge in [0.15, 0.2) is 0 Å². The first-order valence-corrected chi connectivity index (χ1v) is 5.87. The quantitative estimate of drug-likeness (QED) is 0.800. The lowest BCUT2D eigenvalue weighted by atomic mass is 10.2. The minimum Gasteiger partial charge on any atom is -0.346 e. The van der Waals surface area contributed by atoms with E-state index in [2.05, 4.69) is 9.97 Å². The first-order valence-electron chi connectivity index (χ1n) is 5.87. The van der Waals surface area contributed by atoms with Crippen molar-refractivity contribution in [2.45, 2.75) is 31.7 Å². The number of nitrogens with zero attached hydrogens (tertiary/aromatic N) is 2. The van der Waals surface area contributed by atoms with Gasteiger partial charge in [0.05, 0.1) is 5.56 Å². The van der Waals surface area contributed by atoms with Crippen LogP contribution >= 0.6 is 0 Å². The summed E-state index contributed by atoms with van der Waals surface area (Å²) in [7, 11) is 0. The van der Waals surface area contributed by atoms with Crippen LogP contribution in [0.5, 0.6) is 0 Å². The first-order chi connectivity index (χ1) is 8.27. The van der Waals surface area contributed by atoms with Gasteiger partial charge in [0, 0.05) is 12.2 Å². The molecule has 2 aliphatic heterocycles. The molecule has 88 valence electrons. The lowest BCUT2D eigenvalue weighted by molar-refractivity contribution is 0.479. The Labute approximate surface area is 97.5 Å². The average molecular weight is 231 g/mol. The normalized spacial score (nSPS) is 16.7. The van der Waals surface area contributed by atoms with Crippen molar-refractivity contribution in [2.24, 2.45) is 0 Å². The molecule has 0 bridgehead atoms. The number of aromatic nitrogens is 3. The van der Waals surface area contributed by atoms with Crippen LogP contribution in [0, 0.1) is 0 Å². The third-order valence-electron chi connectivity index (χ3n) is 3.39. The molecule has 1 saturated carbocycles. The van der Waals surface area contributed by atoms with Crippen LogP contribution in [0.25, 0.3) is 11.4 Å². The van der Waals surface area contributed by atoms with Crippen molar-refractivity contribution in [1.82, 2.24) is 14.5 Å². The second-order valence-electron chi connectivity index (χ2n) is 4.44. The maximum absolute atomic E-state index is 12.2. The Hall–Kier alpha value is -1.91. The van der Waals surface area contributed by atoms with Crippen LogP contribution in [0.15, 0.2) is 27.9 Å². The van der Waals surface area contributed by atoms with Gasteiger partial charge in [0.25, 0.3) is 5.56 Å². The minimum absolute atomic E-state index is 0.0344. The summed E-state index contributed by atoms with van der Waals surface area (Å²) in [5.41, 5.74) is -0.167. The molecule has 0 saturated heterocycles. The summed E-state index contributed by atoms with van der Waals surface area (Å²) < 4.78 is 1.32. The van der Waals surface area contributed by atoms with Crippen LogP contribution < -0.4 is 11.2 Å². The number of aromatic amines is 1. The monoisotopic (exact) mass is 231 g/mol. The van der Waals surface area contributed by atoms with E-state index in [1.807, 2.05) is 0 Å². The molecule has 3 rings (SSSR count). The van der Waals surface area contributed by atoms with Crippen molar-refractivity contribution in [3.8, 4) is 11.4 Å². The van der Waals surface area contributed by atoms with Gasteiger partial charge in [-0.25, -0.2) is 4.79 Å². The zero-order valence-electron chi connectivity index (χ0n) is 9.35. The lowest BCUT2D eigenvalue weighted by Gasteiger charge is -2.13. The highest BCUT2D eigenvalue weighted by atomic mass is 16.2. The zero-order valence-corrected chi connectivity index (χ0v) is 9.35. The second-order valence-corrected chi connectivity index (χ2v) is 4.44. The Kier molecular flexibility index (Phi) is 2.31. The zero-order chi connectivity index (χ0) is 11.8. The Morgan fingerprint density at radius 1 is 1.29 bits per heavy atom. The van der Waals surface area contributed by atoms with Gasteiger partial charge < -0.3 is 4.98 Å². The van der Waals surface area contributed by atoms with Gasteiger partial charge in [-0.15, -0.1) is 0 Å². The topological polar surface area (TPSA) is 67.8 Å². The fourth-order valence-electron chi connectivity index (χ4n) is 2.54. The van der Waals surface area contributed by atoms with Crippen molar-refractivity contribution >= 4 is 0 Å². The predicted octanol–water partition coefficient (Wildman–Crippen LogP) is 1.15. The number of hydrogen-bond donors (Lipinski definition) is 1. The standard InChI is InChI=1S/C12H13N3O2/c16-11-9-6-3-7-13-10(9)14-12(17)15(11)8-4-1-2-5-8/h3,6-8H,1-2,4-5H2,(H,13,14,17). The van der Waals surface area contributed by atoms with Gasteiger partial charge in [0.2, 0.25) is 0 Å². The van der Waals surface area contributed by atoms with Crippen LogP contribution in [0.2, 0.25) is 0 Å². The van der Waals surface area contributed by atoms with E-state index < -0.39 is 5.69 Å². The molecule has 0 aromatic rings. The van der Waals surface area contributed by atoms with E-state index in [1.54, 1.807) is 18.3 Å². The molecular formula is C12H13N3O2. The molecule has 1 aliphatic carbocycles. The van der Waals surface area contributed by atoms with Gasteiger partial charge in [-0.3, -0.25) is 9.36 Å². The van der Waals surface area contributed by atoms with Crippen LogP contribution in [-0.4, -0.2) is 14.5 Å². The van der Waals surface area contributed by atoms with Gasteiger partial charge in [-0.2, -0.15) is 4.98 Å². The van der Waals surface area contributed by atoms with Crippen LogP contribution in [0.1, 0.15) is 31.7 Å². The summed E-state index contributed by atoms with van der Waals surface area (Å²) >= 11 is 0. The number of hydrogen-bond acceptors (Lipinski definition) is 3. The van der Waals surface area contributed by atoms with E-state index in [0.29, 0.717) is 11.4 Å². The Morgan fingerprint density at radius 3 is 2.82 bits per heavy atom. The molecule has 0 aromatic heterocycles. The molecule has 5 nitrogen and oxygen atoms in total. The summed E-state index contributed by atoms with van der Waals surface area (Å²) in [5.74, 6) is 0.372. The van der Waals surface area contributed by atoms with E-state index in [-0.39, 0.29) is 11.6 Å². The van der Waals surface area contributed by atoms with Crippen molar-refractivity contribution < 1.29 is 0 Å². The highest BCUT2D eigenvalue weighted by Crippen LogP contribution is 2.27. The molecule has 0 radical (unpaired) electrons. The minimum atomic E-state index is -0.433. The fourth-order valence-corrected chi connectivity index (χ4v) is 2.54. The predicted molar refractivity (Wildman–Crippen MR) is 63.2 cm³/mol. The highest BCUT2D eigenvalue weighted by Gasteiger charge is 2.23. The summed E-state index contributed by atoms with van der Waals surface area (Å²) in [4.78, 5) is 30.9. The maximum atomic E-state index is 12.2. The number of nitrogens with one attached hydrogen (secondary N) is 1. The molecule has 0 aromatic carbocycles. The van der Waals surface area contributed by atoms with Gasteiger partial charge in [-0.05, 0) is 25.0 Å².